The minimum Gasteiger partial charge on any atom is -0.396 e. The van der Waals surface area contributed by atoms with Crippen molar-refractivity contribution in [3.63, 3.8) is 0 Å². The maximum Gasteiger partial charge on any atom is 0.0473 e. The molecule has 0 fully saturated rings. The molecule has 1 unspecified atom stereocenters. The molecule has 84 valence electrons. The van der Waals surface area contributed by atoms with Crippen molar-refractivity contribution in [3.8, 4) is 0 Å². The zero-order chi connectivity index (χ0) is 11.1. The predicted octanol–water partition coefficient (Wildman–Crippen LogP) is 1.44. The first-order valence-corrected chi connectivity index (χ1v) is 5.44. The molecule has 1 heterocycles. The Kier molecular flexibility index (Phi) is 5.29. The number of aliphatic hydroxyl groups excluding tert-OH is 1. The maximum atomic E-state index is 9.14. The van der Waals surface area contributed by atoms with Gasteiger partial charge < -0.3 is 10.4 Å². The van der Waals surface area contributed by atoms with E-state index in [0.29, 0.717) is 11.8 Å². The summed E-state index contributed by atoms with van der Waals surface area (Å²) in [6, 6.07) is 3.98. The first-order chi connectivity index (χ1) is 7.24. The fourth-order valence-corrected chi connectivity index (χ4v) is 1.42. The van der Waals surface area contributed by atoms with Crippen molar-refractivity contribution in [3.05, 3.63) is 30.1 Å². The van der Waals surface area contributed by atoms with E-state index in [4.69, 9.17) is 5.11 Å². The number of pyridine rings is 1. The fraction of sp³-hybridized carbons (Fsp3) is 0.583. The lowest BCUT2D eigenvalue weighted by Gasteiger charge is -2.18. The highest BCUT2D eigenvalue weighted by Gasteiger charge is 2.10. The van der Waals surface area contributed by atoms with E-state index in [1.54, 1.807) is 6.20 Å². The molecule has 0 aliphatic rings. The van der Waals surface area contributed by atoms with Crippen molar-refractivity contribution in [1.29, 1.82) is 0 Å². The first kappa shape index (κ1) is 12.1. The highest BCUT2D eigenvalue weighted by atomic mass is 16.3. The molecule has 0 radical (unpaired) electrons. The number of aromatic nitrogens is 1. The topological polar surface area (TPSA) is 45.1 Å². The lowest BCUT2D eigenvalue weighted by Crippen LogP contribution is -2.28. The summed E-state index contributed by atoms with van der Waals surface area (Å²) in [5, 5.41) is 12.5. The summed E-state index contributed by atoms with van der Waals surface area (Å²) in [6.07, 6.45) is 3.63. The Bertz CT molecular complexity index is 262. The van der Waals surface area contributed by atoms with E-state index >= 15 is 0 Å². The minimum atomic E-state index is 0.248. The van der Waals surface area contributed by atoms with Gasteiger partial charge in [0, 0.05) is 32.1 Å². The second kappa shape index (κ2) is 6.53. The molecule has 1 aromatic heterocycles. The average molecular weight is 208 g/mol. The fourth-order valence-electron chi connectivity index (χ4n) is 1.42. The van der Waals surface area contributed by atoms with Gasteiger partial charge in [0.25, 0.3) is 0 Å². The molecule has 0 spiro atoms. The summed E-state index contributed by atoms with van der Waals surface area (Å²) in [7, 11) is 0. The summed E-state index contributed by atoms with van der Waals surface area (Å²) in [5.41, 5.74) is 1.18. The van der Waals surface area contributed by atoms with Gasteiger partial charge in [0.1, 0.15) is 0 Å². The zero-order valence-corrected chi connectivity index (χ0v) is 9.48. The van der Waals surface area contributed by atoms with E-state index in [2.05, 4.69) is 24.1 Å². The minimum absolute atomic E-state index is 0.248. The van der Waals surface area contributed by atoms with Crippen LogP contribution in [0.15, 0.2) is 24.5 Å². The number of nitrogens with zero attached hydrogens (tertiary/aromatic N) is 1. The second-order valence-electron chi connectivity index (χ2n) is 4.18. The van der Waals surface area contributed by atoms with Gasteiger partial charge in [-0.2, -0.15) is 0 Å². The van der Waals surface area contributed by atoms with Crippen LogP contribution in [0.2, 0.25) is 0 Å². The monoisotopic (exact) mass is 208 g/mol. The van der Waals surface area contributed by atoms with E-state index in [1.807, 2.05) is 18.3 Å². The molecule has 0 aliphatic carbocycles. The molecule has 3 nitrogen and oxygen atoms in total. The Morgan fingerprint density at radius 2 is 2.27 bits per heavy atom. The normalized spacial score (nSPS) is 13.1. The van der Waals surface area contributed by atoms with Gasteiger partial charge in [-0.25, -0.2) is 0 Å². The van der Waals surface area contributed by atoms with Crippen molar-refractivity contribution < 1.29 is 5.11 Å². The third-order valence-electron chi connectivity index (χ3n) is 2.64. The smallest absolute Gasteiger partial charge is 0.0473 e. The summed E-state index contributed by atoms with van der Waals surface area (Å²) in [5.74, 6) is 0.845. The molecule has 15 heavy (non-hydrogen) atoms. The lowest BCUT2D eigenvalue weighted by molar-refractivity contribution is 0.186. The summed E-state index contributed by atoms with van der Waals surface area (Å²) in [4.78, 5) is 4.05. The number of nitrogens with one attached hydrogen (secondary N) is 1. The Morgan fingerprint density at radius 1 is 1.47 bits per heavy atom. The average Bonchev–Trinajstić information content (AvgIpc) is 2.25. The number of hydrogen-bond donors (Lipinski definition) is 2. The Hall–Kier alpha value is -0.930. The molecular formula is C12H20N2O. The van der Waals surface area contributed by atoms with E-state index in [0.717, 1.165) is 13.1 Å². The summed E-state index contributed by atoms with van der Waals surface area (Å²) < 4.78 is 0. The Balaban J connectivity index is 2.27. The molecule has 3 heteroatoms. The van der Waals surface area contributed by atoms with Crippen molar-refractivity contribution in [2.24, 2.45) is 11.8 Å². The summed E-state index contributed by atoms with van der Waals surface area (Å²) >= 11 is 0. The molecule has 1 atom stereocenters. The number of rotatable bonds is 6. The van der Waals surface area contributed by atoms with Crippen LogP contribution in [0.4, 0.5) is 0 Å². The number of aliphatic hydroxyl groups is 1. The van der Waals surface area contributed by atoms with Crippen LogP contribution in [0, 0.1) is 11.8 Å². The van der Waals surface area contributed by atoms with Gasteiger partial charge >= 0.3 is 0 Å². The van der Waals surface area contributed by atoms with Crippen LogP contribution in [0.25, 0.3) is 0 Å². The molecule has 0 aromatic carbocycles. The van der Waals surface area contributed by atoms with Gasteiger partial charge in [0.2, 0.25) is 0 Å². The van der Waals surface area contributed by atoms with Crippen LogP contribution in [-0.2, 0) is 6.54 Å². The van der Waals surface area contributed by atoms with Crippen LogP contribution < -0.4 is 5.32 Å². The van der Waals surface area contributed by atoms with Crippen LogP contribution >= 0.6 is 0 Å². The molecule has 0 amide bonds. The van der Waals surface area contributed by atoms with E-state index in [-0.39, 0.29) is 6.61 Å². The van der Waals surface area contributed by atoms with Crippen molar-refractivity contribution in [2.45, 2.75) is 20.4 Å². The van der Waals surface area contributed by atoms with Gasteiger partial charge in [0.15, 0.2) is 0 Å². The Morgan fingerprint density at radius 3 is 2.80 bits per heavy atom. The zero-order valence-electron chi connectivity index (χ0n) is 9.48. The molecule has 0 saturated carbocycles. The highest BCUT2D eigenvalue weighted by molar-refractivity contribution is 5.07. The SMILES string of the molecule is CC(C)C(CO)CNCc1cccnc1. The van der Waals surface area contributed by atoms with Crippen molar-refractivity contribution >= 4 is 0 Å². The first-order valence-electron chi connectivity index (χ1n) is 5.44. The molecule has 0 aliphatic heterocycles. The van der Waals surface area contributed by atoms with Gasteiger partial charge in [-0.3, -0.25) is 4.98 Å². The highest BCUT2D eigenvalue weighted by Crippen LogP contribution is 2.08. The molecule has 1 rings (SSSR count). The van der Waals surface area contributed by atoms with Gasteiger partial charge in [-0.15, -0.1) is 0 Å². The lowest BCUT2D eigenvalue weighted by atomic mass is 9.97. The van der Waals surface area contributed by atoms with E-state index in [9.17, 15) is 0 Å². The van der Waals surface area contributed by atoms with Crippen molar-refractivity contribution in [2.75, 3.05) is 13.2 Å². The molecule has 2 N–H and O–H groups in total. The van der Waals surface area contributed by atoms with Gasteiger partial charge in [0.05, 0.1) is 0 Å². The van der Waals surface area contributed by atoms with Gasteiger partial charge in [-0.1, -0.05) is 19.9 Å². The third kappa shape index (κ3) is 4.40. The van der Waals surface area contributed by atoms with Crippen LogP contribution in [-0.4, -0.2) is 23.2 Å². The van der Waals surface area contributed by atoms with Crippen LogP contribution in [0.1, 0.15) is 19.4 Å². The van der Waals surface area contributed by atoms with Crippen molar-refractivity contribution in [1.82, 2.24) is 10.3 Å². The predicted molar refractivity (Wildman–Crippen MR) is 61.4 cm³/mol. The summed E-state index contributed by atoms with van der Waals surface area (Å²) in [6.45, 7) is 6.18. The quantitative estimate of drug-likeness (QED) is 0.743. The van der Waals surface area contributed by atoms with Crippen LogP contribution in [0.3, 0.4) is 0 Å². The largest absolute Gasteiger partial charge is 0.396 e. The third-order valence-corrected chi connectivity index (χ3v) is 2.64. The second-order valence-corrected chi connectivity index (χ2v) is 4.18. The van der Waals surface area contributed by atoms with E-state index < -0.39 is 0 Å². The van der Waals surface area contributed by atoms with E-state index in [1.165, 1.54) is 5.56 Å². The Labute approximate surface area is 91.5 Å². The molecule has 1 aromatic rings. The maximum absolute atomic E-state index is 9.14. The van der Waals surface area contributed by atoms with Crippen LogP contribution in [0.5, 0.6) is 0 Å². The molecule has 0 saturated heterocycles. The molecular weight excluding hydrogens is 188 g/mol. The molecule has 0 bridgehead atoms. The number of hydrogen-bond acceptors (Lipinski definition) is 3. The standard InChI is InChI=1S/C12H20N2O/c1-10(2)12(9-15)8-14-7-11-4-3-5-13-6-11/h3-6,10,12,14-15H,7-9H2,1-2H3. The van der Waals surface area contributed by atoms with Gasteiger partial charge in [-0.05, 0) is 23.5 Å².